The van der Waals surface area contributed by atoms with Crippen LogP contribution in [0.3, 0.4) is 0 Å². The molecule has 1 saturated heterocycles. The molecular formula is C16H34N2S. The van der Waals surface area contributed by atoms with Gasteiger partial charge < -0.3 is 10.2 Å². The van der Waals surface area contributed by atoms with E-state index in [1.807, 2.05) is 0 Å². The van der Waals surface area contributed by atoms with E-state index in [1.54, 1.807) is 0 Å². The molecule has 0 saturated carbocycles. The molecule has 19 heavy (non-hydrogen) atoms. The summed E-state index contributed by atoms with van der Waals surface area (Å²) in [6.45, 7) is 14.2. The molecule has 1 atom stereocenters. The fraction of sp³-hybridized carbons (Fsp3) is 1.00. The molecule has 0 aromatic rings. The van der Waals surface area contributed by atoms with Crippen LogP contribution < -0.4 is 5.32 Å². The van der Waals surface area contributed by atoms with E-state index in [9.17, 15) is 0 Å². The van der Waals surface area contributed by atoms with Crippen LogP contribution in [0, 0.1) is 0 Å². The first kappa shape index (κ1) is 17.3. The molecule has 1 heterocycles. The fourth-order valence-electron chi connectivity index (χ4n) is 2.51. The topological polar surface area (TPSA) is 15.3 Å². The number of hydrogen-bond donors (Lipinski definition) is 1. The third kappa shape index (κ3) is 8.93. The lowest BCUT2D eigenvalue weighted by Gasteiger charge is -2.31. The summed E-state index contributed by atoms with van der Waals surface area (Å²) in [5.74, 6) is 1.34. The fourth-order valence-corrected chi connectivity index (χ4v) is 3.76. The molecular weight excluding hydrogens is 252 g/mol. The Morgan fingerprint density at radius 2 is 1.89 bits per heavy atom. The predicted octanol–water partition coefficient (Wildman–Crippen LogP) is 3.76. The highest BCUT2D eigenvalue weighted by Crippen LogP contribution is 2.21. The normalized spacial score (nSPS) is 21.8. The monoisotopic (exact) mass is 286 g/mol. The van der Waals surface area contributed by atoms with Gasteiger partial charge in [-0.15, -0.1) is 0 Å². The maximum atomic E-state index is 3.56. The van der Waals surface area contributed by atoms with Crippen molar-refractivity contribution in [2.45, 2.75) is 70.6 Å². The van der Waals surface area contributed by atoms with Gasteiger partial charge in [0.1, 0.15) is 0 Å². The van der Waals surface area contributed by atoms with Gasteiger partial charge in [-0.2, -0.15) is 11.8 Å². The summed E-state index contributed by atoms with van der Waals surface area (Å²) in [5, 5.41) is 4.46. The van der Waals surface area contributed by atoms with E-state index in [4.69, 9.17) is 0 Å². The van der Waals surface area contributed by atoms with Gasteiger partial charge in [0.25, 0.3) is 0 Å². The van der Waals surface area contributed by atoms with Gasteiger partial charge in [-0.1, -0.05) is 19.8 Å². The molecule has 0 aromatic heterocycles. The first-order valence-corrected chi connectivity index (χ1v) is 9.15. The van der Waals surface area contributed by atoms with Crippen molar-refractivity contribution in [3.05, 3.63) is 0 Å². The number of rotatable bonds is 8. The summed E-state index contributed by atoms with van der Waals surface area (Å²) in [7, 11) is 0. The zero-order valence-corrected chi connectivity index (χ0v) is 14.3. The number of thioether (sulfide) groups is 1. The molecule has 1 N–H and O–H groups in total. The molecule has 1 unspecified atom stereocenters. The zero-order valence-electron chi connectivity index (χ0n) is 13.5. The highest BCUT2D eigenvalue weighted by Gasteiger charge is 2.17. The van der Waals surface area contributed by atoms with Gasteiger partial charge in [-0.3, -0.25) is 0 Å². The second-order valence-electron chi connectivity index (χ2n) is 6.79. The van der Waals surface area contributed by atoms with E-state index in [2.05, 4.69) is 49.7 Å². The molecule has 3 heteroatoms. The highest BCUT2D eigenvalue weighted by molar-refractivity contribution is 8.00. The summed E-state index contributed by atoms with van der Waals surface area (Å²) in [6.07, 6.45) is 6.82. The van der Waals surface area contributed by atoms with E-state index in [0.29, 0.717) is 0 Å². The average Bonchev–Trinajstić information content (AvgIpc) is 2.36. The van der Waals surface area contributed by atoms with Crippen molar-refractivity contribution < 1.29 is 0 Å². The average molecular weight is 287 g/mol. The second kappa shape index (κ2) is 9.25. The van der Waals surface area contributed by atoms with Gasteiger partial charge in [0.05, 0.1) is 0 Å². The molecule has 0 aromatic carbocycles. The molecule has 1 aliphatic heterocycles. The lowest BCUT2D eigenvalue weighted by Crippen LogP contribution is -2.38. The van der Waals surface area contributed by atoms with Crippen LogP contribution in [-0.2, 0) is 0 Å². The lowest BCUT2D eigenvalue weighted by molar-refractivity contribution is 0.274. The second-order valence-corrected chi connectivity index (χ2v) is 8.20. The van der Waals surface area contributed by atoms with Crippen molar-refractivity contribution in [2.24, 2.45) is 0 Å². The number of nitrogens with zero attached hydrogens (tertiary/aromatic N) is 1. The van der Waals surface area contributed by atoms with Crippen LogP contribution >= 0.6 is 11.8 Å². The van der Waals surface area contributed by atoms with Crippen molar-refractivity contribution in [1.82, 2.24) is 10.2 Å². The Hall–Kier alpha value is 0.270. The van der Waals surface area contributed by atoms with Crippen molar-refractivity contribution in [3.8, 4) is 0 Å². The van der Waals surface area contributed by atoms with Crippen molar-refractivity contribution in [1.29, 1.82) is 0 Å². The minimum Gasteiger partial charge on any atom is -0.312 e. The summed E-state index contributed by atoms with van der Waals surface area (Å²) in [5.41, 5.74) is 0.278. The summed E-state index contributed by atoms with van der Waals surface area (Å²) < 4.78 is 0. The van der Waals surface area contributed by atoms with E-state index >= 15 is 0 Å². The maximum absolute atomic E-state index is 3.56. The standard InChI is InChI=1S/C16H34N2S/c1-5-15-14-18(12-13-19-15)11-9-7-6-8-10-17-16(2,3)4/h15,17H,5-14H2,1-4H3. The first-order valence-electron chi connectivity index (χ1n) is 8.10. The smallest absolute Gasteiger partial charge is 0.0172 e. The number of nitrogens with one attached hydrogen (secondary N) is 1. The largest absolute Gasteiger partial charge is 0.312 e. The lowest BCUT2D eigenvalue weighted by atomic mass is 10.1. The van der Waals surface area contributed by atoms with Crippen molar-refractivity contribution in [2.75, 3.05) is 31.9 Å². The minimum absolute atomic E-state index is 0.278. The SMILES string of the molecule is CCC1CN(CCCCCCNC(C)(C)C)CCS1. The molecule has 0 aliphatic carbocycles. The predicted molar refractivity (Wildman–Crippen MR) is 89.2 cm³/mol. The van der Waals surface area contributed by atoms with Crippen LogP contribution in [0.5, 0.6) is 0 Å². The summed E-state index contributed by atoms with van der Waals surface area (Å²) >= 11 is 2.17. The Balaban J connectivity index is 1.93. The van der Waals surface area contributed by atoms with Gasteiger partial charge >= 0.3 is 0 Å². The van der Waals surface area contributed by atoms with Crippen molar-refractivity contribution >= 4 is 11.8 Å². The third-order valence-electron chi connectivity index (χ3n) is 3.73. The minimum atomic E-state index is 0.278. The zero-order chi connectivity index (χ0) is 14.1. The Morgan fingerprint density at radius 1 is 1.16 bits per heavy atom. The summed E-state index contributed by atoms with van der Waals surface area (Å²) in [4.78, 5) is 2.68. The molecule has 2 nitrogen and oxygen atoms in total. The van der Waals surface area contributed by atoms with Gasteiger partial charge in [-0.25, -0.2) is 0 Å². The van der Waals surface area contributed by atoms with Gasteiger partial charge in [0, 0.05) is 29.6 Å². The van der Waals surface area contributed by atoms with Crippen LogP contribution in [0.1, 0.15) is 59.8 Å². The van der Waals surface area contributed by atoms with Crippen LogP contribution in [0.25, 0.3) is 0 Å². The molecule has 1 fully saturated rings. The molecule has 114 valence electrons. The maximum Gasteiger partial charge on any atom is 0.0172 e. The Bertz CT molecular complexity index is 225. The molecule has 0 bridgehead atoms. The van der Waals surface area contributed by atoms with Gasteiger partial charge in [0.2, 0.25) is 0 Å². The van der Waals surface area contributed by atoms with E-state index in [-0.39, 0.29) is 5.54 Å². The quantitative estimate of drug-likeness (QED) is 0.684. The molecule has 1 aliphatic rings. The van der Waals surface area contributed by atoms with Crippen LogP contribution in [0.15, 0.2) is 0 Å². The highest BCUT2D eigenvalue weighted by atomic mass is 32.2. The van der Waals surface area contributed by atoms with E-state index in [1.165, 1.54) is 64.0 Å². The van der Waals surface area contributed by atoms with E-state index < -0.39 is 0 Å². The van der Waals surface area contributed by atoms with E-state index in [0.717, 1.165) is 5.25 Å². The third-order valence-corrected chi connectivity index (χ3v) is 5.11. The Morgan fingerprint density at radius 3 is 2.58 bits per heavy atom. The Labute approximate surface area is 125 Å². The number of hydrogen-bond acceptors (Lipinski definition) is 3. The number of unbranched alkanes of at least 4 members (excludes halogenated alkanes) is 3. The molecule has 0 amide bonds. The first-order chi connectivity index (χ1) is 9.01. The van der Waals surface area contributed by atoms with Crippen molar-refractivity contribution in [3.63, 3.8) is 0 Å². The molecule has 1 rings (SSSR count). The van der Waals surface area contributed by atoms with Gasteiger partial charge in [-0.05, 0) is 53.1 Å². The molecule has 0 radical (unpaired) electrons. The van der Waals surface area contributed by atoms with Crippen LogP contribution in [-0.4, -0.2) is 47.6 Å². The molecule has 0 spiro atoms. The Kier molecular flexibility index (Phi) is 8.43. The summed E-state index contributed by atoms with van der Waals surface area (Å²) in [6, 6.07) is 0. The van der Waals surface area contributed by atoms with Gasteiger partial charge in [0.15, 0.2) is 0 Å². The van der Waals surface area contributed by atoms with Crippen LogP contribution in [0.4, 0.5) is 0 Å². The van der Waals surface area contributed by atoms with Crippen LogP contribution in [0.2, 0.25) is 0 Å².